The molecule has 0 aromatic heterocycles. The maximum atomic E-state index is 8.94. The zero-order valence-electron chi connectivity index (χ0n) is 10.2. The van der Waals surface area contributed by atoms with E-state index < -0.39 is 0 Å². The largest absolute Gasteiger partial charge is 0.397 e. The molecule has 2 N–H and O–H groups in total. The maximum Gasteiger partial charge on any atom is 0.0992 e. The van der Waals surface area contributed by atoms with E-state index in [1.54, 1.807) is 6.07 Å². The third-order valence-electron chi connectivity index (χ3n) is 2.93. The van der Waals surface area contributed by atoms with Gasteiger partial charge in [0.25, 0.3) is 0 Å². The Bertz CT molecular complexity index is 462. The minimum Gasteiger partial charge on any atom is -0.397 e. The highest BCUT2D eigenvalue weighted by molar-refractivity contribution is 8.00. The second-order valence-corrected chi connectivity index (χ2v) is 6.72. The molecule has 0 saturated carbocycles. The van der Waals surface area contributed by atoms with Crippen molar-refractivity contribution in [3.8, 4) is 6.07 Å². The predicted octanol–water partition coefficient (Wildman–Crippen LogP) is 2.47. The Morgan fingerprint density at radius 1 is 1.47 bits per heavy atom. The normalized spacial score (nSPS) is 18.8. The molecule has 3 nitrogen and oxygen atoms in total. The Morgan fingerprint density at radius 2 is 2.24 bits per heavy atom. The van der Waals surface area contributed by atoms with Gasteiger partial charge < -0.3 is 10.6 Å². The highest BCUT2D eigenvalue weighted by Gasteiger charge is 2.27. The van der Waals surface area contributed by atoms with Crippen LogP contribution in [0.25, 0.3) is 0 Å². The van der Waals surface area contributed by atoms with Gasteiger partial charge in [0.2, 0.25) is 0 Å². The molecule has 0 atom stereocenters. The number of nitrogens with zero attached hydrogens (tertiary/aromatic N) is 2. The average Bonchev–Trinajstić information content (AvgIpc) is 2.28. The van der Waals surface area contributed by atoms with Crippen LogP contribution in [0.5, 0.6) is 0 Å². The first-order chi connectivity index (χ1) is 8.02. The fourth-order valence-electron chi connectivity index (χ4n) is 2.11. The Labute approximate surface area is 107 Å². The van der Waals surface area contributed by atoms with E-state index in [2.05, 4.69) is 24.8 Å². The molecule has 0 amide bonds. The SMILES string of the molecule is CC1(C)CN(c2cc(C#N)ccc2N)CCS1. The Kier molecular flexibility index (Phi) is 3.21. The molecule has 4 heteroatoms. The van der Waals surface area contributed by atoms with Crippen molar-refractivity contribution in [3.63, 3.8) is 0 Å². The van der Waals surface area contributed by atoms with Crippen LogP contribution < -0.4 is 10.6 Å². The van der Waals surface area contributed by atoms with E-state index in [1.165, 1.54) is 0 Å². The van der Waals surface area contributed by atoms with Gasteiger partial charge in [0.15, 0.2) is 0 Å². The van der Waals surface area contributed by atoms with Gasteiger partial charge in [-0.05, 0) is 32.0 Å². The summed E-state index contributed by atoms with van der Waals surface area (Å²) in [6.07, 6.45) is 0. The van der Waals surface area contributed by atoms with Crippen LogP contribution >= 0.6 is 11.8 Å². The molecule has 1 aromatic carbocycles. The maximum absolute atomic E-state index is 8.94. The molecule has 2 rings (SSSR count). The van der Waals surface area contributed by atoms with E-state index >= 15 is 0 Å². The lowest BCUT2D eigenvalue weighted by Crippen LogP contribution is -2.43. The van der Waals surface area contributed by atoms with Crippen molar-refractivity contribution in [1.82, 2.24) is 0 Å². The van der Waals surface area contributed by atoms with E-state index in [1.807, 2.05) is 23.9 Å². The molecular formula is C13H17N3S. The van der Waals surface area contributed by atoms with Gasteiger partial charge in [0.05, 0.1) is 23.0 Å². The van der Waals surface area contributed by atoms with E-state index in [-0.39, 0.29) is 4.75 Å². The minimum absolute atomic E-state index is 0.243. The Balaban J connectivity index is 2.30. The topological polar surface area (TPSA) is 53.0 Å². The van der Waals surface area contributed by atoms with Crippen LogP contribution in [0, 0.1) is 11.3 Å². The van der Waals surface area contributed by atoms with Crippen molar-refractivity contribution in [2.24, 2.45) is 0 Å². The fourth-order valence-corrected chi connectivity index (χ4v) is 3.22. The van der Waals surface area contributed by atoms with Crippen LogP contribution in [0.15, 0.2) is 18.2 Å². The Morgan fingerprint density at radius 3 is 2.88 bits per heavy atom. The summed E-state index contributed by atoms with van der Waals surface area (Å²) < 4.78 is 0.243. The molecule has 1 aliphatic rings. The van der Waals surface area contributed by atoms with Crippen molar-refractivity contribution in [2.75, 3.05) is 29.5 Å². The summed E-state index contributed by atoms with van der Waals surface area (Å²) >= 11 is 1.99. The molecular weight excluding hydrogens is 230 g/mol. The number of thioether (sulfide) groups is 1. The molecule has 1 saturated heterocycles. The van der Waals surface area contributed by atoms with Crippen molar-refractivity contribution in [3.05, 3.63) is 23.8 Å². The third-order valence-corrected chi connectivity index (χ3v) is 4.22. The van der Waals surface area contributed by atoms with Crippen LogP contribution in [0.1, 0.15) is 19.4 Å². The van der Waals surface area contributed by atoms with Gasteiger partial charge in [0.1, 0.15) is 0 Å². The molecule has 0 radical (unpaired) electrons. The Hall–Kier alpha value is -1.34. The number of nitrogens with two attached hydrogens (primary N) is 1. The highest BCUT2D eigenvalue weighted by atomic mass is 32.2. The zero-order chi connectivity index (χ0) is 12.5. The zero-order valence-corrected chi connectivity index (χ0v) is 11.0. The average molecular weight is 247 g/mol. The molecule has 1 heterocycles. The second-order valence-electron chi connectivity index (χ2n) is 4.92. The summed E-state index contributed by atoms with van der Waals surface area (Å²) in [5, 5.41) is 8.94. The summed E-state index contributed by atoms with van der Waals surface area (Å²) in [5.74, 6) is 1.10. The van der Waals surface area contributed by atoms with E-state index in [9.17, 15) is 0 Å². The molecule has 0 unspecified atom stereocenters. The van der Waals surface area contributed by atoms with Crippen molar-refractivity contribution in [1.29, 1.82) is 5.26 Å². The van der Waals surface area contributed by atoms with Crippen molar-refractivity contribution < 1.29 is 0 Å². The smallest absolute Gasteiger partial charge is 0.0992 e. The first-order valence-corrected chi connectivity index (χ1v) is 6.69. The standard InChI is InChI=1S/C13H17N3S/c1-13(2)9-16(5-6-17-13)12-7-10(8-14)3-4-11(12)15/h3-4,7H,5-6,9,15H2,1-2H3. The number of anilines is 2. The predicted molar refractivity (Wildman–Crippen MR) is 74.3 cm³/mol. The number of nitriles is 1. The van der Waals surface area contributed by atoms with Crippen molar-refractivity contribution >= 4 is 23.1 Å². The van der Waals surface area contributed by atoms with Crippen LogP contribution in [-0.4, -0.2) is 23.6 Å². The first kappa shape index (κ1) is 12.1. The third kappa shape index (κ3) is 2.67. The summed E-state index contributed by atoms with van der Waals surface area (Å²) in [5.41, 5.74) is 8.43. The van der Waals surface area contributed by atoms with Gasteiger partial charge >= 0.3 is 0 Å². The molecule has 0 bridgehead atoms. The monoisotopic (exact) mass is 247 g/mol. The first-order valence-electron chi connectivity index (χ1n) is 5.70. The lowest BCUT2D eigenvalue weighted by atomic mass is 10.1. The highest BCUT2D eigenvalue weighted by Crippen LogP contribution is 2.34. The molecule has 0 aliphatic carbocycles. The summed E-state index contributed by atoms with van der Waals surface area (Å²) in [6.45, 7) is 6.45. The molecule has 1 aliphatic heterocycles. The molecule has 17 heavy (non-hydrogen) atoms. The fraction of sp³-hybridized carbons (Fsp3) is 0.462. The lowest BCUT2D eigenvalue weighted by molar-refractivity contribution is 0.648. The van der Waals surface area contributed by atoms with Crippen LogP contribution in [0.2, 0.25) is 0 Å². The molecule has 90 valence electrons. The summed E-state index contributed by atoms with van der Waals surface area (Å²) in [7, 11) is 0. The van der Waals surface area contributed by atoms with Crippen LogP contribution in [0.3, 0.4) is 0 Å². The number of hydrogen-bond acceptors (Lipinski definition) is 4. The van der Waals surface area contributed by atoms with Gasteiger partial charge in [-0.3, -0.25) is 0 Å². The van der Waals surface area contributed by atoms with Gasteiger partial charge in [-0.1, -0.05) is 0 Å². The summed E-state index contributed by atoms with van der Waals surface area (Å²) in [4.78, 5) is 2.28. The van der Waals surface area contributed by atoms with Gasteiger partial charge in [-0.15, -0.1) is 0 Å². The van der Waals surface area contributed by atoms with E-state index in [0.717, 1.165) is 30.2 Å². The summed E-state index contributed by atoms with van der Waals surface area (Å²) in [6, 6.07) is 7.65. The van der Waals surface area contributed by atoms with Gasteiger partial charge in [-0.25, -0.2) is 0 Å². The quantitative estimate of drug-likeness (QED) is 0.775. The van der Waals surface area contributed by atoms with Gasteiger partial charge in [-0.2, -0.15) is 17.0 Å². The molecule has 1 fully saturated rings. The second kappa shape index (κ2) is 4.50. The van der Waals surface area contributed by atoms with E-state index in [0.29, 0.717) is 5.56 Å². The number of benzene rings is 1. The number of rotatable bonds is 1. The van der Waals surface area contributed by atoms with E-state index in [4.69, 9.17) is 11.0 Å². The van der Waals surface area contributed by atoms with Crippen LogP contribution in [-0.2, 0) is 0 Å². The number of hydrogen-bond donors (Lipinski definition) is 1. The molecule has 0 spiro atoms. The van der Waals surface area contributed by atoms with Crippen molar-refractivity contribution in [2.45, 2.75) is 18.6 Å². The number of nitrogen functional groups attached to an aromatic ring is 1. The van der Waals surface area contributed by atoms with Gasteiger partial charge in [0, 0.05) is 23.6 Å². The lowest BCUT2D eigenvalue weighted by Gasteiger charge is -2.39. The van der Waals surface area contributed by atoms with Crippen LogP contribution in [0.4, 0.5) is 11.4 Å². The molecule has 1 aromatic rings. The minimum atomic E-state index is 0.243.